The molecule has 0 saturated heterocycles. The highest BCUT2D eigenvalue weighted by Gasteiger charge is 2.11. The van der Waals surface area contributed by atoms with Crippen LogP contribution in [-0.2, 0) is 0 Å². The van der Waals surface area contributed by atoms with Gasteiger partial charge in [-0.15, -0.1) is 10.2 Å². The van der Waals surface area contributed by atoms with E-state index < -0.39 is 0 Å². The average molecular weight is 238 g/mol. The normalized spacial score (nSPS) is 11.1. The van der Waals surface area contributed by atoms with Crippen molar-refractivity contribution in [1.82, 2.24) is 19.8 Å². The molecule has 3 rings (SSSR count). The van der Waals surface area contributed by atoms with Crippen molar-refractivity contribution in [2.45, 2.75) is 20.8 Å². The Labute approximate surface area is 105 Å². The number of hydrogen-bond donors (Lipinski definition) is 0. The Balaban J connectivity index is 2.25. The van der Waals surface area contributed by atoms with Crippen LogP contribution in [0.5, 0.6) is 0 Å². The lowest BCUT2D eigenvalue weighted by molar-refractivity contribution is 0.926. The van der Waals surface area contributed by atoms with Gasteiger partial charge in [0, 0.05) is 5.56 Å². The topological polar surface area (TPSA) is 43.1 Å². The largest absolute Gasteiger partial charge is 0.193 e. The summed E-state index contributed by atoms with van der Waals surface area (Å²) in [4.78, 5) is 0. The summed E-state index contributed by atoms with van der Waals surface area (Å²) in [5.74, 6) is 0.794. The van der Waals surface area contributed by atoms with Crippen molar-refractivity contribution in [3.63, 3.8) is 0 Å². The third-order valence-electron chi connectivity index (χ3n) is 3.02. The summed E-state index contributed by atoms with van der Waals surface area (Å²) in [5, 5.41) is 12.8. The fraction of sp³-hybridized carbons (Fsp3) is 0.214. The fourth-order valence-corrected chi connectivity index (χ4v) is 2.12. The van der Waals surface area contributed by atoms with E-state index in [-0.39, 0.29) is 0 Å². The molecular weight excluding hydrogens is 224 g/mol. The molecule has 4 nitrogen and oxygen atoms in total. The van der Waals surface area contributed by atoms with Gasteiger partial charge >= 0.3 is 0 Å². The van der Waals surface area contributed by atoms with Crippen LogP contribution in [0.15, 0.2) is 30.5 Å². The van der Waals surface area contributed by atoms with E-state index >= 15 is 0 Å². The minimum atomic E-state index is 0.782. The zero-order chi connectivity index (χ0) is 12.7. The van der Waals surface area contributed by atoms with E-state index in [1.54, 1.807) is 4.52 Å². The Kier molecular flexibility index (Phi) is 2.37. The molecule has 0 radical (unpaired) electrons. The van der Waals surface area contributed by atoms with Crippen LogP contribution in [-0.4, -0.2) is 19.8 Å². The zero-order valence-electron chi connectivity index (χ0n) is 10.7. The summed E-state index contributed by atoms with van der Waals surface area (Å²) in [6.07, 6.45) is 1.82. The van der Waals surface area contributed by atoms with Crippen LogP contribution < -0.4 is 0 Å². The second-order valence-electron chi connectivity index (χ2n) is 4.64. The first kappa shape index (κ1) is 10.9. The van der Waals surface area contributed by atoms with Gasteiger partial charge in [-0.2, -0.15) is 9.61 Å². The summed E-state index contributed by atoms with van der Waals surface area (Å²) < 4.78 is 1.78. The van der Waals surface area contributed by atoms with Gasteiger partial charge in [-0.1, -0.05) is 23.8 Å². The fourth-order valence-electron chi connectivity index (χ4n) is 2.12. The number of nitrogens with zero attached hydrogens (tertiary/aromatic N) is 4. The van der Waals surface area contributed by atoms with E-state index in [9.17, 15) is 0 Å². The van der Waals surface area contributed by atoms with E-state index in [4.69, 9.17) is 0 Å². The summed E-state index contributed by atoms with van der Waals surface area (Å²) in [7, 11) is 0. The van der Waals surface area contributed by atoms with Crippen molar-refractivity contribution in [2.75, 3.05) is 0 Å². The van der Waals surface area contributed by atoms with Crippen molar-refractivity contribution >= 4 is 5.65 Å². The minimum absolute atomic E-state index is 0.782. The molecule has 2 aromatic heterocycles. The molecule has 1 aromatic carbocycles. The maximum atomic E-state index is 4.37. The molecule has 0 unspecified atom stereocenters. The third-order valence-corrected chi connectivity index (χ3v) is 3.02. The molecule has 2 heterocycles. The van der Waals surface area contributed by atoms with Gasteiger partial charge in [0.05, 0.1) is 6.20 Å². The first-order chi connectivity index (χ1) is 8.65. The Morgan fingerprint density at radius 3 is 2.56 bits per heavy atom. The van der Waals surface area contributed by atoms with E-state index in [2.05, 4.69) is 47.3 Å². The molecule has 0 spiro atoms. The quantitative estimate of drug-likeness (QED) is 0.654. The van der Waals surface area contributed by atoms with Crippen molar-refractivity contribution in [3.05, 3.63) is 47.2 Å². The summed E-state index contributed by atoms with van der Waals surface area (Å²) in [5.41, 5.74) is 5.37. The van der Waals surface area contributed by atoms with Crippen molar-refractivity contribution in [3.8, 4) is 11.4 Å². The molecule has 0 aliphatic carbocycles. The number of benzene rings is 1. The monoisotopic (exact) mass is 238 g/mol. The molecule has 0 saturated carbocycles. The Bertz CT molecular complexity index is 728. The first-order valence-corrected chi connectivity index (χ1v) is 5.91. The number of rotatable bonds is 1. The molecule has 90 valence electrons. The van der Waals surface area contributed by atoms with Gasteiger partial charge < -0.3 is 0 Å². The highest BCUT2D eigenvalue weighted by molar-refractivity contribution is 5.63. The molecule has 18 heavy (non-hydrogen) atoms. The van der Waals surface area contributed by atoms with Crippen LogP contribution in [0.4, 0.5) is 0 Å². The van der Waals surface area contributed by atoms with Crippen LogP contribution >= 0.6 is 0 Å². The lowest BCUT2D eigenvalue weighted by Gasteiger charge is -2.04. The smallest absolute Gasteiger partial charge is 0.185 e. The molecule has 0 aliphatic rings. The Hall–Kier alpha value is -2.23. The van der Waals surface area contributed by atoms with Crippen LogP contribution in [0.3, 0.4) is 0 Å². The molecule has 0 fully saturated rings. The highest BCUT2D eigenvalue weighted by Crippen LogP contribution is 2.22. The van der Waals surface area contributed by atoms with Gasteiger partial charge in [0.2, 0.25) is 0 Å². The van der Waals surface area contributed by atoms with E-state index in [1.807, 2.05) is 19.2 Å². The van der Waals surface area contributed by atoms with E-state index in [1.165, 1.54) is 11.1 Å². The number of hydrogen-bond acceptors (Lipinski definition) is 3. The van der Waals surface area contributed by atoms with Crippen LogP contribution in [0, 0.1) is 20.8 Å². The number of fused-ring (bicyclic) bond motifs is 1. The second-order valence-corrected chi connectivity index (χ2v) is 4.64. The summed E-state index contributed by atoms with van der Waals surface area (Å²) >= 11 is 0. The maximum Gasteiger partial charge on any atom is 0.185 e. The Morgan fingerprint density at radius 2 is 1.78 bits per heavy atom. The van der Waals surface area contributed by atoms with E-state index in [0.717, 1.165) is 22.6 Å². The average Bonchev–Trinajstić information content (AvgIpc) is 2.72. The SMILES string of the molecule is Cc1ccc(-c2nnc3cc(C)cnn23)c(C)c1. The predicted molar refractivity (Wildman–Crippen MR) is 70.4 cm³/mol. The van der Waals surface area contributed by atoms with Gasteiger partial charge in [-0.05, 0) is 38.0 Å². The van der Waals surface area contributed by atoms with Crippen molar-refractivity contribution < 1.29 is 0 Å². The summed E-state index contributed by atoms with van der Waals surface area (Å²) in [6.45, 7) is 6.16. The van der Waals surface area contributed by atoms with Crippen LogP contribution in [0.25, 0.3) is 17.0 Å². The standard InChI is InChI=1S/C14H14N4/c1-9-4-5-12(11(3)6-9)14-17-16-13-7-10(2)8-15-18(13)14/h4-8H,1-3H3. The predicted octanol–water partition coefficient (Wildman–Crippen LogP) is 2.72. The molecule has 0 N–H and O–H groups in total. The molecule has 0 bridgehead atoms. The Morgan fingerprint density at radius 1 is 0.944 bits per heavy atom. The van der Waals surface area contributed by atoms with Crippen molar-refractivity contribution in [2.24, 2.45) is 0 Å². The van der Waals surface area contributed by atoms with E-state index in [0.29, 0.717) is 0 Å². The van der Waals surface area contributed by atoms with Crippen LogP contribution in [0.2, 0.25) is 0 Å². The lowest BCUT2D eigenvalue weighted by atomic mass is 10.1. The lowest BCUT2D eigenvalue weighted by Crippen LogP contribution is -1.96. The van der Waals surface area contributed by atoms with Gasteiger partial charge in [0.1, 0.15) is 0 Å². The highest BCUT2D eigenvalue weighted by atomic mass is 15.4. The van der Waals surface area contributed by atoms with Crippen LogP contribution in [0.1, 0.15) is 16.7 Å². The number of aryl methyl sites for hydroxylation is 3. The zero-order valence-corrected chi connectivity index (χ0v) is 10.7. The van der Waals surface area contributed by atoms with Gasteiger partial charge in [0.25, 0.3) is 0 Å². The van der Waals surface area contributed by atoms with Crippen molar-refractivity contribution in [1.29, 1.82) is 0 Å². The second kappa shape index (κ2) is 3.91. The molecule has 0 atom stereocenters. The van der Waals surface area contributed by atoms with Gasteiger partial charge in [-0.25, -0.2) is 0 Å². The molecular formula is C14H14N4. The summed E-state index contributed by atoms with van der Waals surface area (Å²) in [6, 6.07) is 8.28. The molecule has 4 heteroatoms. The van der Waals surface area contributed by atoms with Gasteiger partial charge in [-0.3, -0.25) is 0 Å². The number of aromatic nitrogens is 4. The maximum absolute atomic E-state index is 4.37. The first-order valence-electron chi connectivity index (χ1n) is 5.91. The molecule has 3 aromatic rings. The van der Waals surface area contributed by atoms with Gasteiger partial charge in [0.15, 0.2) is 11.5 Å². The minimum Gasteiger partial charge on any atom is -0.193 e. The third kappa shape index (κ3) is 1.66. The molecule has 0 amide bonds. The molecule has 0 aliphatic heterocycles.